The van der Waals surface area contributed by atoms with Gasteiger partial charge in [0.25, 0.3) is 0 Å². The molecule has 2 atom stereocenters. The van der Waals surface area contributed by atoms with Gasteiger partial charge in [0.05, 0.1) is 4.92 Å². The van der Waals surface area contributed by atoms with E-state index in [1.165, 1.54) is 0 Å². The zero-order valence-corrected chi connectivity index (χ0v) is 11.0. The van der Waals surface area contributed by atoms with E-state index in [2.05, 4.69) is 10.3 Å². The molecule has 1 aliphatic carbocycles. The van der Waals surface area contributed by atoms with Crippen LogP contribution in [0, 0.1) is 28.9 Å². The molecule has 0 aliphatic heterocycles. The molecule has 104 valence electrons. The molecule has 0 saturated heterocycles. The number of nitrogens with zero attached hydrogens (tertiary/aromatic N) is 2. The van der Waals surface area contributed by atoms with Gasteiger partial charge < -0.3 is 10.4 Å². The van der Waals surface area contributed by atoms with E-state index < -0.39 is 4.92 Å². The molecule has 1 saturated carbocycles. The van der Waals surface area contributed by atoms with Gasteiger partial charge in [0.2, 0.25) is 5.82 Å². The maximum absolute atomic E-state index is 11.0. The van der Waals surface area contributed by atoms with E-state index in [-0.39, 0.29) is 12.3 Å². The van der Waals surface area contributed by atoms with Crippen LogP contribution in [-0.2, 0) is 0 Å². The second kappa shape index (κ2) is 5.97. The highest BCUT2D eigenvalue weighted by Gasteiger charge is 2.27. The number of nitro groups is 1. The molecule has 0 bridgehead atoms. The molecule has 2 unspecified atom stereocenters. The smallest absolute Gasteiger partial charge is 0.314 e. The van der Waals surface area contributed by atoms with Gasteiger partial charge in [-0.25, -0.2) is 4.98 Å². The quantitative estimate of drug-likeness (QED) is 0.629. The van der Waals surface area contributed by atoms with Crippen LogP contribution in [0.2, 0.25) is 0 Å². The second-order valence-corrected chi connectivity index (χ2v) is 5.10. The lowest BCUT2D eigenvalue weighted by atomic mass is 9.97. The average Bonchev–Trinajstić information content (AvgIpc) is 2.83. The number of aliphatic hydroxyl groups is 1. The predicted molar refractivity (Wildman–Crippen MR) is 72.0 cm³/mol. The molecule has 1 heterocycles. The third-order valence-corrected chi connectivity index (χ3v) is 3.89. The summed E-state index contributed by atoms with van der Waals surface area (Å²) in [4.78, 5) is 14.7. The van der Waals surface area contributed by atoms with Crippen molar-refractivity contribution in [1.82, 2.24) is 4.98 Å². The van der Waals surface area contributed by atoms with Crippen LogP contribution in [0.25, 0.3) is 0 Å². The Hall–Kier alpha value is -1.69. The van der Waals surface area contributed by atoms with Gasteiger partial charge in [0, 0.05) is 24.9 Å². The number of aliphatic hydroxyl groups excluding tert-OH is 1. The van der Waals surface area contributed by atoms with E-state index in [0.29, 0.717) is 29.8 Å². The van der Waals surface area contributed by atoms with Gasteiger partial charge in [0.1, 0.15) is 0 Å². The highest BCUT2D eigenvalue weighted by molar-refractivity contribution is 5.59. The molecule has 0 radical (unpaired) electrons. The van der Waals surface area contributed by atoms with Gasteiger partial charge in [-0.1, -0.05) is 6.42 Å². The van der Waals surface area contributed by atoms with Crippen LogP contribution in [0.5, 0.6) is 0 Å². The lowest BCUT2D eigenvalue weighted by Gasteiger charge is -2.18. The van der Waals surface area contributed by atoms with Crippen molar-refractivity contribution in [3.63, 3.8) is 0 Å². The van der Waals surface area contributed by atoms with Crippen molar-refractivity contribution in [1.29, 1.82) is 0 Å². The van der Waals surface area contributed by atoms with Gasteiger partial charge in [0.15, 0.2) is 0 Å². The van der Waals surface area contributed by atoms with Crippen molar-refractivity contribution in [2.75, 3.05) is 18.5 Å². The summed E-state index contributed by atoms with van der Waals surface area (Å²) >= 11 is 0. The Bertz CT molecular complexity index is 464. The SMILES string of the molecule is Cc1ccnc(NCC2CCCC2CO)c1[N+](=O)[O-]. The Labute approximate surface area is 112 Å². The van der Waals surface area contributed by atoms with E-state index >= 15 is 0 Å². The molecular formula is C13H19N3O3. The molecular weight excluding hydrogens is 246 g/mol. The van der Waals surface area contributed by atoms with Gasteiger partial charge in [-0.05, 0) is 37.7 Å². The molecule has 1 aliphatic rings. The van der Waals surface area contributed by atoms with Crippen molar-refractivity contribution < 1.29 is 10.0 Å². The van der Waals surface area contributed by atoms with Crippen LogP contribution in [0.1, 0.15) is 24.8 Å². The molecule has 1 aromatic heterocycles. The number of hydrogen-bond donors (Lipinski definition) is 2. The largest absolute Gasteiger partial charge is 0.396 e. The molecule has 19 heavy (non-hydrogen) atoms. The maximum atomic E-state index is 11.0. The van der Waals surface area contributed by atoms with Crippen LogP contribution >= 0.6 is 0 Å². The van der Waals surface area contributed by atoms with Crippen molar-refractivity contribution in [3.8, 4) is 0 Å². The number of rotatable bonds is 5. The van der Waals surface area contributed by atoms with Crippen molar-refractivity contribution in [3.05, 3.63) is 27.9 Å². The second-order valence-electron chi connectivity index (χ2n) is 5.10. The van der Waals surface area contributed by atoms with Crippen molar-refractivity contribution >= 4 is 11.5 Å². The Morgan fingerprint density at radius 1 is 1.53 bits per heavy atom. The lowest BCUT2D eigenvalue weighted by Crippen LogP contribution is -2.21. The normalized spacial score (nSPS) is 22.4. The van der Waals surface area contributed by atoms with Crippen LogP contribution in [0.4, 0.5) is 11.5 Å². The van der Waals surface area contributed by atoms with Crippen LogP contribution in [0.15, 0.2) is 12.3 Å². The minimum atomic E-state index is -0.400. The van der Waals surface area contributed by atoms with Crippen LogP contribution < -0.4 is 5.32 Å². The Balaban J connectivity index is 2.07. The number of hydrogen-bond acceptors (Lipinski definition) is 5. The summed E-state index contributed by atoms with van der Waals surface area (Å²) in [5.41, 5.74) is 0.647. The number of anilines is 1. The van der Waals surface area contributed by atoms with E-state index in [4.69, 9.17) is 0 Å². The first-order valence-electron chi connectivity index (χ1n) is 6.58. The number of aromatic nitrogens is 1. The number of pyridine rings is 1. The van der Waals surface area contributed by atoms with Gasteiger partial charge >= 0.3 is 5.69 Å². The zero-order chi connectivity index (χ0) is 13.8. The van der Waals surface area contributed by atoms with Crippen LogP contribution in [0.3, 0.4) is 0 Å². The minimum Gasteiger partial charge on any atom is -0.396 e. The Kier molecular flexibility index (Phi) is 4.31. The molecule has 2 N–H and O–H groups in total. The number of aryl methyl sites for hydroxylation is 1. The molecule has 0 spiro atoms. The predicted octanol–water partition coefficient (Wildman–Crippen LogP) is 2.12. The summed E-state index contributed by atoms with van der Waals surface area (Å²) in [7, 11) is 0. The molecule has 6 heteroatoms. The van der Waals surface area contributed by atoms with Crippen LogP contribution in [-0.4, -0.2) is 28.2 Å². The summed E-state index contributed by atoms with van der Waals surface area (Å²) in [6, 6.07) is 1.63. The lowest BCUT2D eigenvalue weighted by molar-refractivity contribution is -0.384. The highest BCUT2D eigenvalue weighted by atomic mass is 16.6. The maximum Gasteiger partial charge on any atom is 0.314 e. The van der Waals surface area contributed by atoms with E-state index in [1.807, 2.05) is 0 Å². The fraction of sp³-hybridized carbons (Fsp3) is 0.615. The highest BCUT2D eigenvalue weighted by Crippen LogP contribution is 2.32. The summed E-state index contributed by atoms with van der Waals surface area (Å²) in [6.07, 6.45) is 4.77. The molecule has 1 fully saturated rings. The van der Waals surface area contributed by atoms with Gasteiger partial charge in [-0.15, -0.1) is 0 Å². The van der Waals surface area contributed by atoms with E-state index in [9.17, 15) is 15.2 Å². The molecule has 0 amide bonds. The first kappa shape index (κ1) is 13.7. The Morgan fingerprint density at radius 2 is 2.26 bits per heavy atom. The summed E-state index contributed by atoms with van der Waals surface area (Å²) in [5, 5.41) is 23.4. The number of nitrogens with one attached hydrogen (secondary N) is 1. The summed E-state index contributed by atoms with van der Waals surface area (Å²) < 4.78 is 0. The van der Waals surface area contributed by atoms with E-state index in [0.717, 1.165) is 19.3 Å². The monoisotopic (exact) mass is 265 g/mol. The topological polar surface area (TPSA) is 88.3 Å². The molecule has 2 rings (SSSR count). The fourth-order valence-electron chi connectivity index (χ4n) is 2.76. The summed E-state index contributed by atoms with van der Waals surface area (Å²) in [5.74, 6) is 0.997. The fourth-order valence-corrected chi connectivity index (χ4v) is 2.76. The third kappa shape index (κ3) is 3.01. The van der Waals surface area contributed by atoms with Gasteiger partial charge in [-0.3, -0.25) is 10.1 Å². The summed E-state index contributed by atoms with van der Waals surface area (Å²) in [6.45, 7) is 2.52. The standard InChI is InChI=1S/C13H19N3O3/c1-9-5-6-14-13(12(9)16(18)19)15-7-10-3-2-4-11(10)8-17/h5-6,10-11,17H,2-4,7-8H2,1H3,(H,14,15). The Morgan fingerprint density at radius 3 is 2.95 bits per heavy atom. The van der Waals surface area contributed by atoms with Crippen molar-refractivity contribution in [2.24, 2.45) is 11.8 Å². The third-order valence-electron chi connectivity index (χ3n) is 3.89. The zero-order valence-electron chi connectivity index (χ0n) is 11.0. The molecule has 0 aromatic carbocycles. The minimum absolute atomic E-state index is 0.0426. The average molecular weight is 265 g/mol. The van der Waals surface area contributed by atoms with Crippen molar-refractivity contribution in [2.45, 2.75) is 26.2 Å². The molecule has 6 nitrogen and oxygen atoms in total. The van der Waals surface area contributed by atoms with Gasteiger partial charge in [-0.2, -0.15) is 0 Å². The first-order chi connectivity index (χ1) is 9.13. The molecule has 1 aromatic rings. The first-order valence-corrected chi connectivity index (χ1v) is 6.58. The van der Waals surface area contributed by atoms with E-state index in [1.54, 1.807) is 19.2 Å².